The van der Waals surface area contributed by atoms with Gasteiger partial charge in [-0.1, -0.05) is 30.3 Å². The highest BCUT2D eigenvalue weighted by atomic mass is 16.1. The summed E-state index contributed by atoms with van der Waals surface area (Å²) in [5.41, 5.74) is 1.03. The Morgan fingerprint density at radius 1 is 1.29 bits per heavy atom. The molecule has 0 spiro atoms. The van der Waals surface area contributed by atoms with Crippen molar-refractivity contribution >= 4 is 12.0 Å². The molecule has 74 valence electrons. The van der Waals surface area contributed by atoms with E-state index in [4.69, 9.17) is 0 Å². The van der Waals surface area contributed by atoms with Gasteiger partial charge in [0.05, 0.1) is 0 Å². The summed E-state index contributed by atoms with van der Waals surface area (Å²) in [6, 6.07) is 9.94. The summed E-state index contributed by atoms with van der Waals surface area (Å²) in [6.07, 6.45) is 3.35. The van der Waals surface area contributed by atoms with Gasteiger partial charge in [-0.05, 0) is 25.5 Å². The quantitative estimate of drug-likeness (QED) is 0.726. The van der Waals surface area contributed by atoms with E-state index in [0.717, 1.165) is 5.56 Å². The molecule has 0 atom stereocenters. The molecule has 0 aromatic heterocycles. The molecule has 0 unspecified atom stereocenters. The Morgan fingerprint density at radius 3 is 2.50 bits per heavy atom. The van der Waals surface area contributed by atoms with E-state index in [0.29, 0.717) is 0 Å². The van der Waals surface area contributed by atoms with Crippen molar-refractivity contribution in [2.24, 2.45) is 0 Å². The first-order valence-corrected chi connectivity index (χ1v) is 4.72. The number of amides is 1. The molecule has 0 aliphatic rings. The molecule has 0 radical (unpaired) electrons. The zero-order valence-electron chi connectivity index (χ0n) is 8.53. The Hall–Kier alpha value is -1.57. The third-order valence-corrected chi connectivity index (χ3v) is 1.66. The fourth-order valence-electron chi connectivity index (χ4n) is 1.07. The number of carbonyl (C=O) groups is 1. The van der Waals surface area contributed by atoms with Gasteiger partial charge >= 0.3 is 0 Å². The molecular formula is C12H15NO. The number of hydrogen-bond donors (Lipinski definition) is 1. The molecule has 0 fully saturated rings. The van der Waals surface area contributed by atoms with Crippen LogP contribution in [0.4, 0.5) is 0 Å². The summed E-state index contributed by atoms with van der Waals surface area (Å²) in [5, 5.41) is 2.79. The number of benzene rings is 1. The lowest BCUT2D eigenvalue weighted by Gasteiger charge is -2.03. The minimum Gasteiger partial charge on any atom is -0.350 e. The Balaban J connectivity index is 2.52. The second-order valence-electron chi connectivity index (χ2n) is 3.41. The van der Waals surface area contributed by atoms with E-state index in [9.17, 15) is 4.79 Å². The third kappa shape index (κ3) is 3.90. The van der Waals surface area contributed by atoms with Gasteiger partial charge in [-0.25, -0.2) is 0 Å². The number of hydrogen-bond acceptors (Lipinski definition) is 1. The van der Waals surface area contributed by atoms with Crippen LogP contribution in [0.15, 0.2) is 36.4 Å². The largest absolute Gasteiger partial charge is 0.350 e. The molecule has 2 nitrogen and oxygen atoms in total. The van der Waals surface area contributed by atoms with E-state index in [-0.39, 0.29) is 11.9 Å². The van der Waals surface area contributed by atoms with Crippen LogP contribution in [0.5, 0.6) is 0 Å². The van der Waals surface area contributed by atoms with Crippen molar-refractivity contribution in [3.8, 4) is 0 Å². The molecule has 14 heavy (non-hydrogen) atoms. The van der Waals surface area contributed by atoms with E-state index in [1.807, 2.05) is 44.2 Å². The summed E-state index contributed by atoms with van der Waals surface area (Å²) < 4.78 is 0. The van der Waals surface area contributed by atoms with Gasteiger partial charge in [-0.15, -0.1) is 0 Å². The van der Waals surface area contributed by atoms with Crippen LogP contribution in [0.3, 0.4) is 0 Å². The summed E-state index contributed by atoms with van der Waals surface area (Å²) in [4.78, 5) is 11.2. The Kier molecular flexibility index (Phi) is 3.92. The average molecular weight is 189 g/mol. The van der Waals surface area contributed by atoms with Crippen molar-refractivity contribution in [3.63, 3.8) is 0 Å². The smallest absolute Gasteiger partial charge is 0.244 e. The van der Waals surface area contributed by atoms with E-state index in [2.05, 4.69) is 5.32 Å². The Bertz CT molecular complexity index is 314. The van der Waals surface area contributed by atoms with Crippen LogP contribution >= 0.6 is 0 Å². The third-order valence-electron chi connectivity index (χ3n) is 1.66. The number of nitrogens with one attached hydrogen (secondary N) is 1. The van der Waals surface area contributed by atoms with E-state index in [1.165, 1.54) is 0 Å². The van der Waals surface area contributed by atoms with Gasteiger partial charge in [0.25, 0.3) is 0 Å². The van der Waals surface area contributed by atoms with Gasteiger partial charge < -0.3 is 5.32 Å². The van der Waals surface area contributed by atoms with Crippen molar-refractivity contribution in [3.05, 3.63) is 42.0 Å². The first kappa shape index (κ1) is 10.5. The molecule has 2 heteroatoms. The van der Waals surface area contributed by atoms with Crippen LogP contribution in [-0.2, 0) is 4.79 Å². The first-order valence-electron chi connectivity index (χ1n) is 4.72. The summed E-state index contributed by atoms with van der Waals surface area (Å²) in [7, 11) is 0. The highest BCUT2D eigenvalue weighted by molar-refractivity contribution is 5.91. The van der Waals surface area contributed by atoms with Crippen molar-refractivity contribution < 1.29 is 4.79 Å². The van der Waals surface area contributed by atoms with Gasteiger partial charge in [0.15, 0.2) is 0 Å². The van der Waals surface area contributed by atoms with Gasteiger partial charge in [0.2, 0.25) is 5.91 Å². The lowest BCUT2D eigenvalue weighted by atomic mass is 10.2. The maximum absolute atomic E-state index is 11.2. The Morgan fingerprint density at radius 2 is 1.93 bits per heavy atom. The van der Waals surface area contributed by atoms with Crippen LogP contribution in [0, 0.1) is 0 Å². The topological polar surface area (TPSA) is 29.1 Å². The summed E-state index contributed by atoms with van der Waals surface area (Å²) in [6.45, 7) is 3.88. The molecule has 0 aliphatic heterocycles. The zero-order valence-corrected chi connectivity index (χ0v) is 8.53. The Labute approximate surface area is 84.6 Å². The normalized spacial score (nSPS) is 10.8. The van der Waals surface area contributed by atoms with Crippen LogP contribution in [-0.4, -0.2) is 11.9 Å². The summed E-state index contributed by atoms with van der Waals surface area (Å²) >= 11 is 0. The molecule has 1 aromatic rings. The molecule has 1 aromatic carbocycles. The van der Waals surface area contributed by atoms with Gasteiger partial charge in [0.1, 0.15) is 0 Å². The van der Waals surface area contributed by atoms with Crippen LogP contribution < -0.4 is 5.32 Å². The molecule has 0 bridgehead atoms. The SMILES string of the molecule is CC(C)NC(=O)C=Cc1ccccc1. The fourth-order valence-corrected chi connectivity index (χ4v) is 1.07. The lowest BCUT2D eigenvalue weighted by Crippen LogP contribution is -2.28. The fraction of sp³-hybridized carbons (Fsp3) is 0.250. The first-order chi connectivity index (χ1) is 6.68. The predicted octanol–water partition coefficient (Wildman–Crippen LogP) is 2.22. The maximum atomic E-state index is 11.2. The lowest BCUT2D eigenvalue weighted by molar-refractivity contribution is -0.116. The van der Waals surface area contributed by atoms with Gasteiger partial charge in [-0.3, -0.25) is 4.79 Å². The average Bonchev–Trinajstić information content (AvgIpc) is 2.15. The highest BCUT2D eigenvalue weighted by Gasteiger charge is 1.96. The standard InChI is InChI=1S/C12H15NO/c1-10(2)13-12(14)9-8-11-6-4-3-5-7-11/h3-10H,1-2H3,(H,13,14). The molecule has 0 aliphatic carbocycles. The highest BCUT2D eigenvalue weighted by Crippen LogP contribution is 2.00. The minimum absolute atomic E-state index is 0.0520. The van der Waals surface area contributed by atoms with Crippen molar-refractivity contribution in [2.75, 3.05) is 0 Å². The molecule has 0 saturated heterocycles. The number of rotatable bonds is 3. The molecular weight excluding hydrogens is 174 g/mol. The molecule has 1 rings (SSSR count). The monoisotopic (exact) mass is 189 g/mol. The predicted molar refractivity (Wildman–Crippen MR) is 58.8 cm³/mol. The van der Waals surface area contributed by atoms with E-state index < -0.39 is 0 Å². The van der Waals surface area contributed by atoms with E-state index >= 15 is 0 Å². The minimum atomic E-state index is -0.0520. The van der Waals surface area contributed by atoms with Crippen LogP contribution in [0.2, 0.25) is 0 Å². The van der Waals surface area contributed by atoms with Crippen molar-refractivity contribution in [1.29, 1.82) is 0 Å². The second-order valence-corrected chi connectivity index (χ2v) is 3.41. The van der Waals surface area contributed by atoms with Crippen LogP contribution in [0.25, 0.3) is 6.08 Å². The van der Waals surface area contributed by atoms with Crippen molar-refractivity contribution in [1.82, 2.24) is 5.32 Å². The van der Waals surface area contributed by atoms with Crippen molar-refractivity contribution in [2.45, 2.75) is 19.9 Å². The molecule has 1 N–H and O–H groups in total. The summed E-state index contributed by atoms with van der Waals surface area (Å²) in [5.74, 6) is -0.0520. The zero-order chi connectivity index (χ0) is 10.4. The van der Waals surface area contributed by atoms with Gasteiger partial charge in [0, 0.05) is 12.1 Å². The van der Waals surface area contributed by atoms with Crippen LogP contribution in [0.1, 0.15) is 19.4 Å². The molecule has 1 amide bonds. The van der Waals surface area contributed by atoms with Gasteiger partial charge in [-0.2, -0.15) is 0 Å². The maximum Gasteiger partial charge on any atom is 0.244 e. The second kappa shape index (κ2) is 5.22. The van der Waals surface area contributed by atoms with E-state index in [1.54, 1.807) is 12.2 Å². The molecule has 0 saturated carbocycles. The number of carbonyl (C=O) groups excluding carboxylic acids is 1. The molecule has 0 heterocycles.